The summed E-state index contributed by atoms with van der Waals surface area (Å²) in [7, 11) is 0. The van der Waals surface area contributed by atoms with Crippen LogP contribution in [0.3, 0.4) is 0 Å². The number of anilines is 1. The van der Waals surface area contributed by atoms with Gasteiger partial charge >= 0.3 is 0 Å². The molecule has 0 N–H and O–H groups in total. The third-order valence-electron chi connectivity index (χ3n) is 4.51. The van der Waals surface area contributed by atoms with Crippen LogP contribution in [-0.2, 0) is 4.79 Å². The molecule has 1 fully saturated rings. The number of benzene rings is 1. The summed E-state index contributed by atoms with van der Waals surface area (Å²) in [4.78, 5) is 25.3. The van der Waals surface area contributed by atoms with Crippen molar-refractivity contribution in [2.45, 2.75) is 19.1 Å². The lowest BCUT2D eigenvalue weighted by atomic mass is 10.1. The van der Waals surface area contributed by atoms with E-state index < -0.39 is 6.10 Å². The maximum absolute atomic E-state index is 12.9. The maximum atomic E-state index is 12.9. The largest absolute Gasteiger partial charge is 0.482 e. The van der Waals surface area contributed by atoms with Gasteiger partial charge in [-0.3, -0.25) is 4.79 Å². The van der Waals surface area contributed by atoms with E-state index >= 15 is 0 Å². The Kier molecular flexibility index (Phi) is 4.13. The lowest BCUT2D eigenvalue weighted by molar-refractivity contribution is -0.144. The molecule has 25 heavy (non-hydrogen) atoms. The molecule has 4 rings (SSSR count). The van der Waals surface area contributed by atoms with Gasteiger partial charge < -0.3 is 19.3 Å². The van der Waals surface area contributed by atoms with Crippen molar-refractivity contribution < 1.29 is 14.3 Å². The molecule has 0 aliphatic carbocycles. The van der Waals surface area contributed by atoms with Crippen molar-refractivity contribution in [3.8, 4) is 11.5 Å². The number of amides is 1. The highest BCUT2D eigenvalue weighted by Gasteiger charge is 2.37. The summed E-state index contributed by atoms with van der Waals surface area (Å²) < 4.78 is 11.8. The Morgan fingerprint density at radius 3 is 2.32 bits per heavy atom. The quantitative estimate of drug-likeness (QED) is 0.822. The monoisotopic (exact) mass is 340 g/mol. The molecule has 1 aromatic carbocycles. The molecule has 2 aliphatic heterocycles. The molecular formula is C18H20N4O3. The number of rotatable bonds is 2. The average molecular weight is 340 g/mol. The van der Waals surface area contributed by atoms with Crippen LogP contribution in [0.5, 0.6) is 11.5 Å². The zero-order valence-corrected chi connectivity index (χ0v) is 14.0. The van der Waals surface area contributed by atoms with Gasteiger partial charge in [0.1, 0.15) is 6.10 Å². The van der Waals surface area contributed by atoms with E-state index in [1.807, 2.05) is 36.1 Å². The van der Waals surface area contributed by atoms with Crippen LogP contribution in [0.15, 0.2) is 42.7 Å². The zero-order chi connectivity index (χ0) is 17.2. The highest BCUT2D eigenvalue weighted by atomic mass is 16.6. The average Bonchev–Trinajstić information content (AvgIpc) is 2.68. The van der Waals surface area contributed by atoms with Crippen LogP contribution < -0.4 is 14.4 Å². The van der Waals surface area contributed by atoms with Gasteiger partial charge in [0.25, 0.3) is 5.91 Å². The van der Waals surface area contributed by atoms with Crippen LogP contribution in [0, 0.1) is 0 Å². The van der Waals surface area contributed by atoms with Crippen molar-refractivity contribution in [2.75, 3.05) is 31.1 Å². The van der Waals surface area contributed by atoms with Crippen LogP contribution in [0.1, 0.15) is 6.92 Å². The molecule has 1 amide bonds. The van der Waals surface area contributed by atoms with Crippen LogP contribution in [-0.4, -0.2) is 59.2 Å². The number of hydrogen-bond acceptors (Lipinski definition) is 6. The first-order valence-corrected chi connectivity index (χ1v) is 8.45. The fourth-order valence-corrected chi connectivity index (χ4v) is 3.15. The van der Waals surface area contributed by atoms with E-state index in [9.17, 15) is 4.79 Å². The maximum Gasteiger partial charge on any atom is 0.267 e. The molecule has 1 saturated heterocycles. The van der Waals surface area contributed by atoms with E-state index in [0.717, 1.165) is 0 Å². The topological polar surface area (TPSA) is 67.8 Å². The van der Waals surface area contributed by atoms with Crippen molar-refractivity contribution in [2.24, 2.45) is 0 Å². The first-order chi connectivity index (χ1) is 12.2. The van der Waals surface area contributed by atoms with Crippen molar-refractivity contribution in [1.82, 2.24) is 14.9 Å². The number of fused-ring (bicyclic) bond motifs is 1. The Bertz CT molecular complexity index is 747. The molecule has 3 heterocycles. The highest BCUT2D eigenvalue weighted by molar-refractivity contribution is 5.82. The van der Waals surface area contributed by atoms with Gasteiger partial charge in [0.05, 0.1) is 0 Å². The lowest BCUT2D eigenvalue weighted by Crippen LogP contribution is -2.56. The van der Waals surface area contributed by atoms with Crippen molar-refractivity contribution in [3.05, 3.63) is 42.7 Å². The second-order valence-corrected chi connectivity index (χ2v) is 6.17. The molecule has 0 saturated carbocycles. The summed E-state index contributed by atoms with van der Waals surface area (Å²) in [5, 5.41) is 0. The smallest absolute Gasteiger partial charge is 0.267 e. The summed E-state index contributed by atoms with van der Waals surface area (Å²) >= 11 is 0. The fourth-order valence-electron chi connectivity index (χ4n) is 3.15. The van der Waals surface area contributed by atoms with E-state index in [0.29, 0.717) is 43.6 Å². The Balaban J connectivity index is 1.41. The first-order valence-electron chi connectivity index (χ1n) is 8.45. The summed E-state index contributed by atoms with van der Waals surface area (Å²) in [6.07, 6.45) is 2.52. The van der Waals surface area contributed by atoms with Crippen molar-refractivity contribution >= 4 is 11.9 Å². The predicted molar refractivity (Wildman–Crippen MR) is 91.8 cm³/mol. The van der Waals surface area contributed by atoms with Crippen LogP contribution in [0.2, 0.25) is 0 Å². The van der Waals surface area contributed by atoms with E-state index in [-0.39, 0.29) is 12.0 Å². The van der Waals surface area contributed by atoms with E-state index in [1.54, 1.807) is 18.5 Å². The summed E-state index contributed by atoms with van der Waals surface area (Å²) in [5.41, 5.74) is 0. The molecule has 1 aromatic heterocycles. The SMILES string of the molecule is C[C@H]1Oc2ccccc2O[C@@H]1C(=O)N1CCN(c2ncccn2)CC1. The van der Waals surface area contributed by atoms with Crippen LogP contribution >= 0.6 is 0 Å². The number of piperazine rings is 1. The van der Waals surface area contributed by atoms with Gasteiger partial charge in [0, 0.05) is 38.6 Å². The Hall–Kier alpha value is -2.83. The van der Waals surface area contributed by atoms with Gasteiger partial charge in [0.2, 0.25) is 12.1 Å². The molecule has 2 aromatic rings. The third-order valence-corrected chi connectivity index (χ3v) is 4.51. The lowest BCUT2D eigenvalue weighted by Gasteiger charge is -2.38. The zero-order valence-electron chi connectivity index (χ0n) is 14.0. The summed E-state index contributed by atoms with van der Waals surface area (Å²) in [6.45, 7) is 4.51. The molecule has 7 heteroatoms. The first kappa shape index (κ1) is 15.7. The normalized spacial score (nSPS) is 22.6. The molecule has 2 atom stereocenters. The van der Waals surface area contributed by atoms with Crippen molar-refractivity contribution in [1.29, 1.82) is 0 Å². The van der Waals surface area contributed by atoms with Gasteiger partial charge in [-0.25, -0.2) is 9.97 Å². The highest BCUT2D eigenvalue weighted by Crippen LogP contribution is 2.34. The summed E-state index contributed by atoms with van der Waals surface area (Å²) in [5.74, 6) is 1.98. The van der Waals surface area contributed by atoms with Gasteiger partial charge in [-0.05, 0) is 25.1 Å². The Morgan fingerprint density at radius 2 is 1.64 bits per heavy atom. The van der Waals surface area contributed by atoms with Gasteiger partial charge in [-0.15, -0.1) is 0 Å². The minimum Gasteiger partial charge on any atom is -0.482 e. The number of ether oxygens (including phenoxy) is 2. The van der Waals surface area contributed by atoms with E-state index in [4.69, 9.17) is 9.47 Å². The van der Waals surface area contributed by atoms with E-state index in [2.05, 4.69) is 14.9 Å². The van der Waals surface area contributed by atoms with Crippen LogP contribution in [0.4, 0.5) is 5.95 Å². The Morgan fingerprint density at radius 1 is 1.00 bits per heavy atom. The fraction of sp³-hybridized carbons (Fsp3) is 0.389. The van der Waals surface area contributed by atoms with Crippen LogP contribution in [0.25, 0.3) is 0 Å². The standard InChI is InChI=1S/C18H20N4O3/c1-13-16(25-15-6-3-2-5-14(15)24-13)17(23)21-9-11-22(12-10-21)18-19-7-4-8-20-18/h2-8,13,16H,9-12H2,1H3/t13-,16+/m1/s1. The number of carbonyl (C=O) groups excluding carboxylic acids is 1. The minimum atomic E-state index is -0.616. The number of hydrogen-bond donors (Lipinski definition) is 0. The number of nitrogens with zero attached hydrogens (tertiary/aromatic N) is 4. The molecule has 130 valence electrons. The molecule has 0 spiro atoms. The summed E-state index contributed by atoms with van der Waals surface area (Å²) in [6, 6.07) is 9.24. The number of aromatic nitrogens is 2. The minimum absolute atomic E-state index is 0.0318. The molecule has 2 aliphatic rings. The van der Waals surface area contributed by atoms with Gasteiger partial charge in [-0.2, -0.15) is 0 Å². The second kappa shape index (κ2) is 6.58. The molecule has 0 bridgehead atoms. The predicted octanol–water partition coefficient (Wildman–Crippen LogP) is 1.35. The van der Waals surface area contributed by atoms with Crippen molar-refractivity contribution in [3.63, 3.8) is 0 Å². The molecular weight excluding hydrogens is 320 g/mol. The van der Waals surface area contributed by atoms with Gasteiger partial charge in [-0.1, -0.05) is 12.1 Å². The Labute approximate surface area is 146 Å². The third kappa shape index (κ3) is 3.09. The van der Waals surface area contributed by atoms with Gasteiger partial charge in [0.15, 0.2) is 11.5 Å². The molecule has 0 unspecified atom stereocenters. The number of para-hydroxylation sites is 2. The molecule has 7 nitrogen and oxygen atoms in total. The molecule has 0 radical (unpaired) electrons. The number of carbonyl (C=O) groups is 1. The van der Waals surface area contributed by atoms with E-state index in [1.165, 1.54) is 0 Å². The second-order valence-electron chi connectivity index (χ2n) is 6.17.